The van der Waals surface area contributed by atoms with Gasteiger partial charge in [-0.05, 0) is 37.4 Å². The SMILES string of the molecule is C[C@H]([NH2+][C@H](C)C(=O)Nc1ccccc1F)c1cccs1. The van der Waals surface area contributed by atoms with Crippen molar-refractivity contribution in [1.82, 2.24) is 0 Å². The number of para-hydroxylation sites is 1. The Bertz CT molecular complexity index is 571. The Morgan fingerprint density at radius 1 is 1.25 bits per heavy atom. The van der Waals surface area contributed by atoms with Crippen LogP contribution in [0.25, 0.3) is 0 Å². The third kappa shape index (κ3) is 3.65. The molecule has 0 saturated heterocycles. The van der Waals surface area contributed by atoms with Gasteiger partial charge in [-0.3, -0.25) is 4.79 Å². The summed E-state index contributed by atoms with van der Waals surface area (Å²) >= 11 is 1.67. The lowest BCUT2D eigenvalue weighted by atomic mass is 10.2. The van der Waals surface area contributed by atoms with Gasteiger partial charge in [-0.25, -0.2) is 4.39 Å². The van der Waals surface area contributed by atoms with E-state index in [0.717, 1.165) is 0 Å². The summed E-state index contributed by atoms with van der Waals surface area (Å²) < 4.78 is 13.5. The van der Waals surface area contributed by atoms with Crippen LogP contribution in [0.5, 0.6) is 0 Å². The van der Waals surface area contributed by atoms with Gasteiger partial charge in [0, 0.05) is 0 Å². The van der Waals surface area contributed by atoms with Gasteiger partial charge >= 0.3 is 0 Å². The maximum atomic E-state index is 13.5. The largest absolute Gasteiger partial charge is 0.330 e. The average Bonchev–Trinajstić information content (AvgIpc) is 2.95. The molecule has 0 spiro atoms. The number of halogens is 1. The molecule has 0 fully saturated rings. The third-order valence-corrected chi connectivity index (χ3v) is 4.19. The van der Waals surface area contributed by atoms with Crippen molar-refractivity contribution in [1.29, 1.82) is 0 Å². The fourth-order valence-corrected chi connectivity index (χ4v) is 2.74. The van der Waals surface area contributed by atoms with Gasteiger partial charge in [0.2, 0.25) is 0 Å². The molecule has 1 aromatic heterocycles. The van der Waals surface area contributed by atoms with Gasteiger partial charge in [-0.2, -0.15) is 0 Å². The van der Waals surface area contributed by atoms with Crippen molar-refractivity contribution in [3.8, 4) is 0 Å². The van der Waals surface area contributed by atoms with Crippen LogP contribution in [0.1, 0.15) is 24.8 Å². The molecule has 106 valence electrons. The van der Waals surface area contributed by atoms with Crippen LogP contribution in [0.15, 0.2) is 41.8 Å². The maximum absolute atomic E-state index is 13.5. The van der Waals surface area contributed by atoms with Crippen molar-refractivity contribution in [2.45, 2.75) is 25.9 Å². The summed E-state index contributed by atoms with van der Waals surface area (Å²) in [4.78, 5) is 13.3. The topological polar surface area (TPSA) is 45.7 Å². The predicted molar refractivity (Wildman–Crippen MR) is 79.2 cm³/mol. The van der Waals surface area contributed by atoms with E-state index in [1.54, 1.807) is 29.5 Å². The monoisotopic (exact) mass is 293 g/mol. The summed E-state index contributed by atoms with van der Waals surface area (Å²) in [7, 11) is 0. The molecule has 0 aliphatic heterocycles. The average molecular weight is 293 g/mol. The number of thiophene rings is 1. The highest BCUT2D eigenvalue weighted by Gasteiger charge is 2.21. The van der Waals surface area contributed by atoms with Crippen LogP contribution in [-0.4, -0.2) is 11.9 Å². The number of nitrogens with two attached hydrogens (primary N) is 1. The Labute approximate surface area is 121 Å². The zero-order valence-electron chi connectivity index (χ0n) is 11.5. The van der Waals surface area contributed by atoms with Crippen LogP contribution in [-0.2, 0) is 4.79 Å². The highest BCUT2D eigenvalue weighted by Crippen LogP contribution is 2.15. The van der Waals surface area contributed by atoms with E-state index in [9.17, 15) is 9.18 Å². The first-order chi connectivity index (χ1) is 9.58. The van der Waals surface area contributed by atoms with Crippen LogP contribution in [0.4, 0.5) is 10.1 Å². The molecule has 3 N–H and O–H groups in total. The molecule has 1 heterocycles. The van der Waals surface area contributed by atoms with E-state index in [1.165, 1.54) is 10.9 Å². The van der Waals surface area contributed by atoms with E-state index in [2.05, 4.69) is 12.2 Å². The normalized spacial score (nSPS) is 13.8. The van der Waals surface area contributed by atoms with E-state index < -0.39 is 5.82 Å². The summed E-state index contributed by atoms with van der Waals surface area (Å²) in [6.45, 7) is 3.87. The molecule has 0 aliphatic carbocycles. The van der Waals surface area contributed by atoms with Gasteiger partial charge in [0.05, 0.1) is 10.6 Å². The minimum atomic E-state index is -0.417. The first-order valence-electron chi connectivity index (χ1n) is 6.51. The Morgan fingerprint density at radius 3 is 2.65 bits per heavy atom. The van der Waals surface area contributed by atoms with E-state index in [4.69, 9.17) is 0 Å². The lowest BCUT2D eigenvalue weighted by Crippen LogP contribution is -2.91. The minimum Gasteiger partial charge on any atom is -0.330 e. The highest BCUT2D eigenvalue weighted by molar-refractivity contribution is 7.10. The lowest BCUT2D eigenvalue weighted by Gasteiger charge is -2.15. The molecule has 2 atom stereocenters. The van der Waals surface area contributed by atoms with Crippen LogP contribution in [0.2, 0.25) is 0 Å². The first-order valence-corrected chi connectivity index (χ1v) is 7.39. The molecule has 2 rings (SSSR count). The van der Waals surface area contributed by atoms with Gasteiger partial charge < -0.3 is 10.6 Å². The Kier molecular flexibility index (Phi) is 4.87. The second-order valence-electron chi connectivity index (χ2n) is 4.75. The van der Waals surface area contributed by atoms with Crippen molar-refractivity contribution < 1.29 is 14.5 Å². The number of nitrogens with one attached hydrogen (secondary N) is 1. The molecule has 1 aromatic carbocycles. The molecule has 3 nitrogen and oxygen atoms in total. The van der Waals surface area contributed by atoms with Crippen molar-refractivity contribution >= 4 is 22.9 Å². The Hall–Kier alpha value is -1.72. The number of anilines is 1. The molecule has 0 bridgehead atoms. The smallest absolute Gasteiger partial charge is 0.282 e. The van der Waals surface area contributed by atoms with Gasteiger partial charge in [0.1, 0.15) is 11.9 Å². The number of carbonyl (C=O) groups is 1. The van der Waals surface area contributed by atoms with E-state index >= 15 is 0 Å². The van der Waals surface area contributed by atoms with E-state index in [-0.39, 0.29) is 23.7 Å². The highest BCUT2D eigenvalue weighted by atomic mass is 32.1. The van der Waals surface area contributed by atoms with Gasteiger partial charge in [0.15, 0.2) is 6.04 Å². The number of amides is 1. The Balaban J connectivity index is 1.94. The van der Waals surface area contributed by atoms with E-state index in [0.29, 0.717) is 0 Å². The summed E-state index contributed by atoms with van der Waals surface area (Å²) in [6.07, 6.45) is 0. The zero-order valence-corrected chi connectivity index (χ0v) is 12.3. The standard InChI is InChI=1S/C15H17FN2OS/c1-10(14-8-5-9-20-14)17-11(2)15(19)18-13-7-4-3-6-12(13)16/h3-11,17H,1-2H3,(H,18,19)/p+1/t10-,11+/m0/s1. The molecular formula is C15H18FN2OS+. The van der Waals surface area contributed by atoms with Crippen molar-refractivity contribution in [3.63, 3.8) is 0 Å². The maximum Gasteiger partial charge on any atom is 0.282 e. The number of quaternary nitrogens is 1. The number of hydrogen-bond donors (Lipinski definition) is 2. The summed E-state index contributed by atoms with van der Waals surface area (Å²) in [5.74, 6) is -0.613. The van der Waals surface area contributed by atoms with Crippen LogP contribution in [0.3, 0.4) is 0 Å². The van der Waals surface area contributed by atoms with Crippen molar-refractivity contribution in [2.75, 3.05) is 5.32 Å². The number of carbonyl (C=O) groups excluding carboxylic acids is 1. The molecule has 0 saturated carbocycles. The molecule has 20 heavy (non-hydrogen) atoms. The molecule has 1 amide bonds. The summed E-state index contributed by atoms with van der Waals surface area (Å²) in [6, 6.07) is 10.1. The van der Waals surface area contributed by atoms with Crippen molar-refractivity contribution in [2.24, 2.45) is 0 Å². The number of rotatable bonds is 5. The second kappa shape index (κ2) is 6.63. The quantitative estimate of drug-likeness (QED) is 0.874. The number of benzene rings is 1. The molecule has 0 unspecified atom stereocenters. The number of hydrogen-bond acceptors (Lipinski definition) is 2. The molecule has 0 aliphatic rings. The Morgan fingerprint density at radius 2 is 2.00 bits per heavy atom. The van der Waals surface area contributed by atoms with Crippen LogP contribution in [0, 0.1) is 5.82 Å². The predicted octanol–water partition coefficient (Wildman–Crippen LogP) is 2.54. The summed E-state index contributed by atoms with van der Waals surface area (Å²) in [5, 5.41) is 6.61. The molecule has 5 heteroatoms. The van der Waals surface area contributed by atoms with Gasteiger partial charge in [0.25, 0.3) is 5.91 Å². The lowest BCUT2D eigenvalue weighted by molar-refractivity contribution is -0.709. The fourth-order valence-electron chi connectivity index (χ4n) is 1.97. The van der Waals surface area contributed by atoms with Crippen LogP contribution < -0.4 is 10.6 Å². The zero-order chi connectivity index (χ0) is 14.5. The fraction of sp³-hybridized carbons (Fsp3) is 0.267. The van der Waals surface area contributed by atoms with Gasteiger partial charge in [-0.1, -0.05) is 18.2 Å². The second-order valence-corrected chi connectivity index (χ2v) is 5.73. The van der Waals surface area contributed by atoms with E-state index in [1.807, 2.05) is 29.8 Å². The van der Waals surface area contributed by atoms with Gasteiger partial charge in [-0.15, -0.1) is 11.3 Å². The molecule has 0 radical (unpaired) electrons. The van der Waals surface area contributed by atoms with Crippen LogP contribution >= 0.6 is 11.3 Å². The summed E-state index contributed by atoms with van der Waals surface area (Å²) in [5.41, 5.74) is 0.224. The third-order valence-electron chi connectivity index (χ3n) is 3.11. The van der Waals surface area contributed by atoms with Crippen molar-refractivity contribution in [3.05, 3.63) is 52.5 Å². The first kappa shape index (κ1) is 14.7. The molecule has 2 aromatic rings. The minimum absolute atomic E-state index is 0.196. The molecular weight excluding hydrogens is 275 g/mol.